The zero-order valence-electron chi connectivity index (χ0n) is 14.4. The van der Waals surface area contributed by atoms with E-state index in [-0.39, 0.29) is 17.4 Å². The van der Waals surface area contributed by atoms with Crippen molar-refractivity contribution in [3.8, 4) is 5.75 Å². The Morgan fingerprint density at radius 1 is 1.12 bits per heavy atom. The van der Waals surface area contributed by atoms with Crippen molar-refractivity contribution in [2.45, 2.75) is 6.42 Å². The monoisotopic (exact) mass is 341 g/mol. The van der Waals surface area contributed by atoms with E-state index in [1.165, 1.54) is 18.0 Å². The van der Waals surface area contributed by atoms with Crippen LogP contribution in [0, 0.1) is 0 Å². The minimum Gasteiger partial charge on any atom is -0.497 e. The summed E-state index contributed by atoms with van der Waals surface area (Å²) < 4.78 is 5.18. The van der Waals surface area contributed by atoms with Gasteiger partial charge < -0.3 is 15.4 Å². The van der Waals surface area contributed by atoms with Crippen LogP contribution in [0.2, 0.25) is 0 Å². The van der Waals surface area contributed by atoms with E-state index in [1.807, 2.05) is 12.1 Å². The van der Waals surface area contributed by atoms with Gasteiger partial charge in [0.05, 0.1) is 7.11 Å². The number of anilines is 1. The fraction of sp³-hybridized carbons (Fsp3) is 0.389. The molecule has 0 radical (unpaired) electrons. The average molecular weight is 341 g/mol. The number of methoxy groups -OCH3 is 1. The van der Waals surface area contributed by atoms with Crippen molar-refractivity contribution in [2.24, 2.45) is 0 Å². The number of carbonyl (C=O) groups excluding carboxylic acids is 1. The van der Waals surface area contributed by atoms with Gasteiger partial charge in [-0.15, -0.1) is 0 Å². The molecule has 1 aliphatic heterocycles. The first kappa shape index (κ1) is 17.2. The molecular weight excluding hydrogens is 318 g/mol. The van der Waals surface area contributed by atoms with Gasteiger partial charge in [-0.1, -0.05) is 12.1 Å². The number of carbonyl (C=O) groups is 1. The van der Waals surface area contributed by atoms with Crippen LogP contribution in [0.3, 0.4) is 0 Å². The number of hydrogen-bond donors (Lipinski definition) is 1. The summed E-state index contributed by atoms with van der Waals surface area (Å²) in [6.45, 7) is 4.03. The second-order valence-electron chi connectivity index (χ2n) is 6.02. The van der Waals surface area contributed by atoms with Crippen LogP contribution >= 0.6 is 0 Å². The Morgan fingerprint density at radius 3 is 2.44 bits per heavy atom. The molecule has 7 heteroatoms. The van der Waals surface area contributed by atoms with E-state index in [9.17, 15) is 4.79 Å². The Hall–Kier alpha value is -2.67. The van der Waals surface area contributed by atoms with Crippen molar-refractivity contribution >= 4 is 11.7 Å². The predicted molar refractivity (Wildman–Crippen MR) is 95.5 cm³/mol. The lowest BCUT2D eigenvalue weighted by Gasteiger charge is -2.34. The number of amides is 1. The summed E-state index contributed by atoms with van der Waals surface area (Å²) in [4.78, 5) is 24.6. The summed E-state index contributed by atoms with van der Waals surface area (Å²) in [6, 6.07) is 8.15. The van der Waals surface area contributed by atoms with Crippen molar-refractivity contribution in [3.05, 3.63) is 47.9 Å². The number of rotatable bonds is 5. The maximum Gasteiger partial charge on any atom is 0.276 e. The molecule has 0 atom stereocenters. The van der Waals surface area contributed by atoms with Crippen molar-refractivity contribution < 1.29 is 9.53 Å². The molecule has 3 rings (SSSR count). The lowest BCUT2D eigenvalue weighted by Crippen LogP contribution is -2.49. The summed E-state index contributed by atoms with van der Waals surface area (Å²) >= 11 is 0. The Bertz CT molecular complexity index is 712. The minimum atomic E-state index is -0.139. The van der Waals surface area contributed by atoms with Crippen molar-refractivity contribution in [3.63, 3.8) is 0 Å². The largest absolute Gasteiger partial charge is 0.497 e. The summed E-state index contributed by atoms with van der Waals surface area (Å²) in [5.74, 6) is 0.925. The van der Waals surface area contributed by atoms with Gasteiger partial charge in [-0.05, 0) is 24.1 Å². The fourth-order valence-electron chi connectivity index (χ4n) is 2.92. The SMILES string of the molecule is COc1ccc(CCN2CCN(C(=O)c3nccnc3N)CC2)cc1. The van der Waals surface area contributed by atoms with Crippen LogP contribution in [0.4, 0.5) is 5.82 Å². The second-order valence-corrected chi connectivity index (χ2v) is 6.02. The van der Waals surface area contributed by atoms with Gasteiger partial charge >= 0.3 is 0 Å². The third-order valence-corrected chi connectivity index (χ3v) is 4.46. The van der Waals surface area contributed by atoms with E-state index in [1.54, 1.807) is 12.0 Å². The van der Waals surface area contributed by atoms with E-state index in [0.29, 0.717) is 13.1 Å². The molecule has 0 aliphatic carbocycles. The third-order valence-electron chi connectivity index (χ3n) is 4.46. The van der Waals surface area contributed by atoms with Crippen LogP contribution in [-0.4, -0.2) is 65.5 Å². The first-order valence-corrected chi connectivity index (χ1v) is 8.38. The molecule has 0 saturated carbocycles. The molecule has 132 valence electrons. The van der Waals surface area contributed by atoms with Gasteiger partial charge in [0, 0.05) is 45.1 Å². The highest BCUT2D eigenvalue weighted by Crippen LogP contribution is 2.14. The molecule has 1 saturated heterocycles. The summed E-state index contributed by atoms with van der Waals surface area (Å²) in [5.41, 5.74) is 7.28. The molecule has 0 unspecified atom stereocenters. The summed E-state index contributed by atoms with van der Waals surface area (Å²) in [7, 11) is 1.67. The first-order valence-electron chi connectivity index (χ1n) is 8.38. The van der Waals surface area contributed by atoms with Crippen molar-refractivity contribution in [2.75, 3.05) is 45.6 Å². The van der Waals surface area contributed by atoms with E-state index >= 15 is 0 Å². The topological polar surface area (TPSA) is 84.6 Å². The molecule has 0 spiro atoms. The molecule has 1 fully saturated rings. The Labute approximate surface area is 147 Å². The minimum absolute atomic E-state index is 0.139. The number of nitrogens with zero attached hydrogens (tertiary/aromatic N) is 4. The second kappa shape index (κ2) is 7.94. The van der Waals surface area contributed by atoms with Crippen molar-refractivity contribution in [1.82, 2.24) is 19.8 Å². The molecule has 1 aromatic heterocycles. The molecule has 2 heterocycles. The number of piperazine rings is 1. The number of aromatic nitrogens is 2. The molecule has 1 aromatic carbocycles. The summed E-state index contributed by atoms with van der Waals surface area (Å²) in [5, 5.41) is 0. The molecule has 0 bridgehead atoms. The normalized spacial score (nSPS) is 15.2. The van der Waals surface area contributed by atoms with Crippen LogP contribution < -0.4 is 10.5 Å². The molecule has 25 heavy (non-hydrogen) atoms. The summed E-state index contributed by atoms with van der Waals surface area (Å²) in [6.07, 6.45) is 3.97. The van der Waals surface area contributed by atoms with Crippen LogP contribution in [0.1, 0.15) is 16.1 Å². The Balaban J connectivity index is 1.48. The number of benzene rings is 1. The number of hydrogen-bond acceptors (Lipinski definition) is 6. The standard InChI is InChI=1S/C18H23N5O2/c1-25-15-4-2-14(3-5-15)6-9-22-10-12-23(13-11-22)18(24)16-17(19)21-8-7-20-16/h2-5,7-8H,6,9-13H2,1H3,(H2,19,21). The fourth-order valence-corrected chi connectivity index (χ4v) is 2.92. The lowest BCUT2D eigenvalue weighted by atomic mass is 10.1. The number of nitrogen functional groups attached to an aromatic ring is 1. The number of ether oxygens (including phenoxy) is 1. The van der Waals surface area contributed by atoms with E-state index in [2.05, 4.69) is 27.0 Å². The smallest absolute Gasteiger partial charge is 0.276 e. The third kappa shape index (κ3) is 4.24. The van der Waals surface area contributed by atoms with Gasteiger partial charge in [-0.2, -0.15) is 0 Å². The van der Waals surface area contributed by atoms with Gasteiger partial charge in [0.25, 0.3) is 5.91 Å². The van der Waals surface area contributed by atoms with Crippen molar-refractivity contribution in [1.29, 1.82) is 0 Å². The molecule has 2 N–H and O–H groups in total. The molecule has 1 aliphatic rings. The van der Waals surface area contributed by atoms with E-state index < -0.39 is 0 Å². The average Bonchev–Trinajstić information content (AvgIpc) is 2.67. The highest BCUT2D eigenvalue weighted by Gasteiger charge is 2.24. The van der Waals surface area contributed by atoms with Crippen LogP contribution in [0.5, 0.6) is 5.75 Å². The van der Waals surface area contributed by atoms with E-state index in [0.717, 1.165) is 31.8 Å². The Kier molecular flexibility index (Phi) is 5.45. The lowest BCUT2D eigenvalue weighted by molar-refractivity contribution is 0.0633. The maximum atomic E-state index is 12.5. The van der Waals surface area contributed by atoms with Gasteiger partial charge in [0.1, 0.15) is 5.75 Å². The zero-order chi connectivity index (χ0) is 17.6. The molecule has 2 aromatic rings. The van der Waals surface area contributed by atoms with Gasteiger partial charge in [-0.3, -0.25) is 9.69 Å². The number of nitrogens with two attached hydrogens (primary N) is 1. The predicted octanol–water partition coefficient (Wildman–Crippen LogP) is 1.07. The molecule has 1 amide bonds. The molecule has 7 nitrogen and oxygen atoms in total. The first-order chi connectivity index (χ1) is 12.2. The van der Waals surface area contributed by atoms with Crippen LogP contribution in [0.25, 0.3) is 0 Å². The van der Waals surface area contributed by atoms with Crippen LogP contribution in [-0.2, 0) is 6.42 Å². The van der Waals surface area contributed by atoms with Gasteiger partial charge in [0.15, 0.2) is 11.5 Å². The van der Waals surface area contributed by atoms with Gasteiger partial charge in [0.2, 0.25) is 0 Å². The zero-order valence-corrected chi connectivity index (χ0v) is 14.4. The highest BCUT2D eigenvalue weighted by molar-refractivity contribution is 5.96. The maximum absolute atomic E-state index is 12.5. The van der Waals surface area contributed by atoms with E-state index in [4.69, 9.17) is 10.5 Å². The highest BCUT2D eigenvalue weighted by atomic mass is 16.5. The van der Waals surface area contributed by atoms with Crippen LogP contribution in [0.15, 0.2) is 36.7 Å². The molecular formula is C18H23N5O2. The quantitative estimate of drug-likeness (QED) is 0.876. The van der Waals surface area contributed by atoms with Gasteiger partial charge in [-0.25, -0.2) is 9.97 Å². The Morgan fingerprint density at radius 2 is 1.80 bits per heavy atom.